The van der Waals surface area contributed by atoms with E-state index in [0.717, 1.165) is 77.0 Å². The number of aliphatic hydroxyl groups is 2. The lowest BCUT2D eigenvalue weighted by molar-refractivity contribution is -0.123. The number of hydrogen-bond donors (Lipinski definition) is 3. The van der Waals surface area contributed by atoms with Crippen molar-refractivity contribution in [2.45, 2.75) is 360 Å². The average molecular weight is 1110 g/mol. The van der Waals surface area contributed by atoms with E-state index < -0.39 is 12.1 Å². The molecule has 2 atom stereocenters. The van der Waals surface area contributed by atoms with Crippen LogP contribution in [0.5, 0.6) is 0 Å². The van der Waals surface area contributed by atoms with E-state index in [-0.39, 0.29) is 12.5 Å². The Morgan fingerprint density at radius 1 is 0.312 bits per heavy atom. The second kappa shape index (κ2) is 70.3. The van der Waals surface area contributed by atoms with Crippen molar-refractivity contribution in [2.24, 2.45) is 0 Å². The lowest BCUT2D eigenvalue weighted by Crippen LogP contribution is -2.45. The highest BCUT2D eigenvalue weighted by Gasteiger charge is 2.18. The minimum atomic E-state index is -0.845. The molecule has 0 heterocycles. The number of carbonyl (C=O) groups is 1. The molecule has 0 aromatic rings. The van der Waals surface area contributed by atoms with Gasteiger partial charge >= 0.3 is 0 Å². The van der Waals surface area contributed by atoms with Crippen LogP contribution in [0.1, 0.15) is 348 Å². The van der Waals surface area contributed by atoms with Crippen LogP contribution in [0.4, 0.5) is 0 Å². The SMILES string of the molecule is CC/C=C\C/C=C\C/C=C\C/C=C\C/C=C\C/C=C\C/C=C\C/C=C\CCCCCCCCCCCCCCCCCCC(=O)NC(CO)C(O)/C=C/CCCCCCCCCCCCCCCCCCCCCCCCCCC. The van der Waals surface area contributed by atoms with Crippen LogP contribution in [-0.4, -0.2) is 34.9 Å². The molecule has 0 fully saturated rings. The standard InChI is InChI=1S/C76H135NO3/c1-3-5-7-9-11-13-15-17-19-21-23-25-27-29-31-32-33-34-35-36-37-38-39-40-41-42-43-44-46-48-50-52-54-56-58-60-62-64-66-68-70-72-76(80)77-74(73-78)75(79)71-69-67-65-63-61-59-57-55-53-51-49-47-45-30-28-26-24-22-20-18-16-14-12-10-8-6-4-2/h5,7,11,13,17,19,23,25,29,31,33-34,36-37,39-40,69,71,74-75,78-79H,3-4,6,8-10,12,14-16,18,20-22,24,26-28,30,32,35,38,41-68,70,72-73H2,1-2H3,(H,77,80)/b7-5-,13-11-,19-17-,25-23-,31-29-,34-33-,37-36-,40-39-,71-69+. The van der Waals surface area contributed by atoms with Crippen molar-refractivity contribution in [2.75, 3.05) is 6.61 Å². The van der Waals surface area contributed by atoms with E-state index in [4.69, 9.17) is 0 Å². The third kappa shape index (κ3) is 65.9. The highest BCUT2D eigenvalue weighted by Crippen LogP contribution is 2.18. The molecule has 0 aliphatic carbocycles. The maximum absolute atomic E-state index is 12.5. The van der Waals surface area contributed by atoms with Crippen LogP contribution < -0.4 is 5.32 Å². The molecule has 0 saturated heterocycles. The van der Waals surface area contributed by atoms with E-state index in [9.17, 15) is 15.0 Å². The van der Waals surface area contributed by atoms with Crippen molar-refractivity contribution in [1.29, 1.82) is 0 Å². The molecule has 4 heteroatoms. The van der Waals surface area contributed by atoms with Gasteiger partial charge in [-0.3, -0.25) is 4.79 Å². The molecule has 3 N–H and O–H groups in total. The quantitative estimate of drug-likeness (QED) is 0.0420. The first-order valence-corrected chi connectivity index (χ1v) is 35.1. The van der Waals surface area contributed by atoms with Crippen LogP contribution in [0, 0.1) is 0 Å². The van der Waals surface area contributed by atoms with Crippen molar-refractivity contribution in [3.63, 3.8) is 0 Å². The maximum atomic E-state index is 12.5. The molecule has 0 radical (unpaired) electrons. The van der Waals surface area contributed by atoms with Crippen molar-refractivity contribution in [3.8, 4) is 0 Å². The van der Waals surface area contributed by atoms with Gasteiger partial charge in [-0.2, -0.15) is 0 Å². The molecule has 80 heavy (non-hydrogen) atoms. The summed E-state index contributed by atoms with van der Waals surface area (Å²) in [4.78, 5) is 12.5. The molecule has 0 rings (SSSR count). The molecule has 0 bridgehead atoms. The van der Waals surface area contributed by atoms with E-state index in [1.54, 1.807) is 6.08 Å². The van der Waals surface area contributed by atoms with Crippen molar-refractivity contribution in [1.82, 2.24) is 5.32 Å². The molecule has 1 amide bonds. The topological polar surface area (TPSA) is 69.6 Å². The fourth-order valence-electron chi connectivity index (χ4n) is 10.5. The number of nitrogens with one attached hydrogen (secondary N) is 1. The minimum Gasteiger partial charge on any atom is -0.394 e. The Balaban J connectivity index is 3.49. The summed E-state index contributed by atoms with van der Waals surface area (Å²) in [7, 11) is 0. The summed E-state index contributed by atoms with van der Waals surface area (Å²) in [5, 5.41) is 23.3. The van der Waals surface area contributed by atoms with E-state index in [1.165, 1.54) is 250 Å². The fraction of sp³-hybridized carbons (Fsp3) is 0.750. The summed E-state index contributed by atoms with van der Waals surface area (Å²) in [5.74, 6) is -0.0621. The maximum Gasteiger partial charge on any atom is 0.220 e. The Labute approximate surface area is 499 Å². The molecule has 462 valence electrons. The first-order valence-electron chi connectivity index (χ1n) is 35.1. The Hall–Kier alpha value is -2.95. The fourth-order valence-corrected chi connectivity index (χ4v) is 10.5. The highest BCUT2D eigenvalue weighted by molar-refractivity contribution is 5.76. The number of aliphatic hydroxyl groups excluding tert-OH is 2. The Kier molecular flexibility index (Phi) is 67.7. The summed E-state index contributed by atoms with van der Waals surface area (Å²) in [6, 6.07) is -0.629. The van der Waals surface area contributed by atoms with Gasteiger partial charge in [-0.05, 0) is 83.5 Å². The van der Waals surface area contributed by atoms with Gasteiger partial charge in [-0.15, -0.1) is 0 Å². The predicted molar refractivity (Wildman–Crippen MR) is 359 cm³/mol. The largest absolute Gasteiger partial charge is 0.394 e. The molecule has 0 aromatic heterocycles. The monoisotopic (exact) mass is 1110 g/mol. The van der Waals surface area contributed by atoms with Crippen molar-refractivity contribution in [3.05, 3.63) is 109 Å². The van der Waals surface area contributed by atoms with Gasteiger partial charge in [0.25, 0.3) is 0 Å². The zero-order valence-corrected chi connectivity index (χ0v) is 53.3. The van der Waals surface area contributed by atoms with Gasteiger partial charge in [0.1, 0.15) is 0 Å². The molecule has 0 spiro atoms. The zero-order valence-electron chi connectivity index (χ0n) is 53.3. The van der Waals surface area contributed by atoms with Gasteiger partial charge in [-0.25, -0.2) is 0 Å². The van der Waals surface area contributed by atoms with Gasteiger partial charge in [0.15, 0.2) is 0 Å². The van der Waals surface area contributed by atoms with Crippen LogP contribution >= 0.6 is 0 Å². The first-order chi connectivity index (χ1) is 39.7. The molecule has 0 aromatic carbocycles. The van der Waals surface area contributed by atoms with E-state index >= 15 is 0 Å². The van der Waals surface area contributed by atoms with Gasteiger partial charge in [0.2, 0.25) is 5.91 Å². The van der Waals surface area contributed by atoms with Crippen LogP contribution in [-0.2, 0) is 4.79 Å². The van der Waals surface area contributed by atoms with Crippen LogP contribution in [0.15, 0.2) is 109 Å². The number of unbranched alkanes of at least 4 members (excludes halogenated alkanes) is 41. The van der Waals surface area contributed by atoms with Gasteiger partial charge in [-0.1, -0.05) is 367 Å². The second-order valence-electron chi connectivity index (χ2n) is 23.6. The highest BCUT2D eigenvalue weighted by atomic mass is 16.3. The smallest absolute Gasteiger partial charge is 0.220 e. The molecule has 4 nitrogen and oxygen atoms in total. The Morgan fingerprint density at radius 3 is 0.825 bits per heavy atom. The number of rotatable bonds is 64. The first kappa shape index (κ1) is 77.0. The lowest BCUT2D eigenvalue weighted by atomic mass is 10.0. The van der Waals surface area contributed by atoms with Crippen LogP contribution in [0.3, 0.4) is 0 Å². The zero-order chi connectivity index (χ0) is 57.6. The summed E-state index contributed by atoms with van der Waals surface area (Å²) in [5.41, 5.74) is 0. The molecular weight excluding hydrogens is 975 g/mol. The van der Waals surface area contributed by atoms with Crippen molar-refractivity contribution >= 4 is 5.91 Å². The minimum absolute atomic E-state index is 0.0621. The van der Waals surface area contributed by atoms with Gasteiger partial charge in [0, 0.05) is 6.42 Å². The normalized spacial score (nSPS) is 13.4. The number of carbonyl (C=O) groups excluding carboxylic acids is 1. The van der Waals surface area contributed by atoms with Gasteiger partial charge < -0.3 is 15.5 Å². The average Bonchev–Trinajstić information content (AvgIpc) is 3.46. The van der Waals surface area contributed by atoms with E-state index in [2.05, 4.69) is 116 Å². The van der Waals surface area contributed by atoms with E-state index in [0.29, 0.717) is 6.42 Å². The van der Waals surface area contributed by atoms with E-state index in [1.807, 2.05) is 6.08 Å². The molecule has 0 saturated carbocycles. The Morgan fingerprint density at radius 2 is 0.550 bits per heavy atom. The summed E-state index contributed by atoms with van der Waals surface area (Å²) in [6.07, 6.45) is 106. The molecule has 2 unspecified atom stereocenters. The summed E-state index contributed by atoms with van der Waals surface area (Å²) in [6.45, 7) is 4.22. The molecular formula is C76H135NO3. The molecule has 0 aliphatic heterocycles. The van der Waals surface area contributed by atoms with Crippen molar-refractivity contribution < 1.29 is 15.0 Å². The Bertz CT molecular complexity index is 1490. The summed E-state index contributed by atoms with van der Waals surface area (Å²) >= 11 is 0. The molecule has 0 aliphatic rings. The number of hydrogen-bond acceptors (Lipinski definition) is 3. The number of allylic oxidation sites excluding steroid dienone is 17. The third-order valence-electron chi connectivity index (χ3n) is 15.8. The van der Waals surface area contributed by atoms with Gasteiger partial charge in [0.05, 0.1) is 18.8 Å². The third-order valence-corrected chi connectivity index (χ3v) is 15.8. The second-order valence-corrected chi connectivity index (χ2v) is 23.6. The predicted octanol–water partition coefficient (Wildman–Crippen LogP) is 24.2. The summed E-state index contributed by atoms with van der Waals surface area (Å²) < 4.78 is 0. The lowest BCUT2D eigenvalue weighted by Gasteiger charge is -2.20. The number of amides is 1. The van der Waals surface area contributed by atoms with Crippen LogP contribution in [0.2, 0.25) is 0 Å². The van der Waals surface area contributed by atoms with Crippen LogP contribution in [0.25, 0.3) is 0 Å².